The van der Waals surface area contributed by atoms with E-state index in [9.17, 15) is 19.5 Å². The van der Waals surface area contributed by atoms with Crippen LogP contribution in [0.5, 0.6) is 5.75 Å². The van der Waals surface area contributed by atoms with Gasteiger partial charge in [0.2, 0.25) is 0 Å². The van der Waals surface area contributed by atoms with Crippen LogP contribution in [0, 0.1) is 0 Å². The van der Waals surface area contributed by atoms with Gasteiger partial charge in [0.1, 0.15) is 11.3 Å². The van der Waals surface area contributed by atoms with Gasteiger partial charge in [0.05, 0.1) is 12.1 Å². The first-order valence-electron chi connectivity index (χ1n) is 9.65. The Morgan fingerprint density at radius 1 is 1.07 bits per heavy atom. The van der Waals surface area contributed by atoms with Gasteiger partial charge in [0.15, 0.2) is 5.78 Å². The molecule has 0 aliphatic carbocycles. The number of hydrogen-bond acceptors (Lipinski definition) is 4. The second-order valence-electron chi connectivity index (χ2n) is 6.68. The Morgan fingerprint density at radius 3 is 2.48 bits per heavy atom. The molecule has 0 bridgehead atoms. The van der Waals surface area contributed by atoms with Crippen LogP contribution in [-0.2, 0) is 11.3 Å². The van der Waals surface area contributed by atoms with Crippen molar-refractivity contribution in [2.75, 3.05) is 6.54 Å². The minimum atomic E-state index is -0.718. The normalized spacial score (nSPS) is 10.9. The molecule has 27 heavy (non-hydrogen) atoms. The highest BCUT2D eigenvalue weighted by molar-refractivity contribution is 6.03. The fraction of sp³-hybridized carbons (Fsp3) is 0.476. The third kappa shape index (κ3) is 4.96. The van der Waals surface area contributed by atoms with E-state index in [-0.39, 0.29) is 23.6 Å². The Balaban J connectivity index is 2.09. The fourth-order valence-electron chi connectivity index (χ4n) is 3.19. The fourth-order valence-corrected chi connectivity index (χ4v) is 3.19. The molecule has 0 saturated heterocycles. The summed E-state index contributed by atoms with van der Waals surface area (Å²) < 4.78 is 1.44. The number of amides is 1. The maximum atomic E-state index is 12.7. The van der Waals surface area contributed by atoms with Gasteiger partial charge in [-0.15, -0.1) is 0 Å². The molecule has 0 unspecified atom stereocenters. The Kier molecular flexibility index (Phi) is 7.58. The average Bonchev–Trinajstić information content (AvgIpc) is 2.66. The second kappa shape index (κ2) is 9.90. The standard InChI is InChI=1S/C21H28N2O4/c1-3-5-6-7-8-11-15(24)14-22-20(26)18-19(25)16-12-9-10-13-17(16)23(4-2)21(18)27/h9-10,12-13,25H,3-8,11,14H2,1-2H3,(H,22,26). The second-order valence-corrected chi connectivity index (χ2v) is 6.68. The summed E-state index contributed by atoms with van der Waals surface area (Å²) in [6.45, 7) is 4.17. The molecule has 0 spiro atoms. The summed E-state index contributed by atoms with van der Waals surface area (Å²) in [6, 6.07) is 6.89. The van der Waals surface area contributed by atoms with Crippen LogP contribution in [0.2, 0.25) is 0 Å². The zero-order chi connectivity index (χ0) is 19.8. The molecule has 2 aromatic rings. The van der Waals surface area contributed by atoms with Crippen molar-refractivity contribution in [2.45, 2.75) is 58.9 Å². The number of nitrogens with zero attached hydrogens (tertiary/aromatic N) is 1. The van der Waals surface area contributed by atoms with Gasteiger partial charge in [-0.3, -0.25) is 14.4 Å². The molecular weight excluding hydrogens is 344 g/mol. The predicted molar refractivity (Wildman–Crippen MR) is 106 cm³/mol. The molecule has 0 fully saturated rings. The minimum absolute atomic E-state index is 0.0732. The van der Waals surface area contributed by atoms with Gasteiger partial charge in [-0.2, -0.15) is 0 Å². The summed E-state index contributed by atoms with van der Waals surface area (Å²) >= 11 is 0. The molecule has 2 rings (SSSR count). The summed E-state index contributed by atoms with van der Waals surface area (Å²) in [5.74, 6) is -1.13. The molecule has 1 amide bonds. The van der Waals surface area contributed by atoms with Crippen LogP contribution >= 0.6 is 0 Å². The highest BCUT2D eigenvalue weighted by Crippen LogP contribution is 2.26. The van der Waals surface area contributed by atoms with Crippen LogP contribution in [0.15, 0.2) is 29.1 Å². The zero-order valence-electron chi connectivity index (χ0n) is 16.1. The minimum Gasteiger partial charge on any atom is -0.506 e. The van der Waals surface area contributed by atoms with E-state index >= 15 is 0 Å². The molecule has 6 heteroatoms. The lowest BCUT2D eigenvalue weighted by Crippen LogP contribution is -2.35. The van der Waals surface area contributed by atoms with Gasteiger partial charge < -0.3 is 15.0 Å². The number of benzene rings is 1. The Labute approximate surface area is 159 Å². The maximum absolute atomic E-state index is 12.7. The van der Waals surface area contributed by atoms with Gasteiger partial charge in [0, 0.05) is 18.4 Å². The van der Waals surface area contributed by atoms with E-state index in [0.29, 0.717) is 23.9 Å². The molecule has 1 heterocycles. The summed E-state index contributed by atoms with van der Waals surface area (Å²) in [4.78, 5) is 37.1. The van der Waals surface area contributed by atoms with Crippen LogP contribution in [0.4, 0.5) is 0 Å². The summed E-state index contributed by atoms with van der Waals surface area (Å²) in [5, 5.41) is 13.4. The number of rotatable bonds is 10. The quantitative estimate of drug-likeness (QED) is 0.626. The average molecular weight is 372 g/mol. The number of para-hydroxylation sites is 1. The molecular formula is C21H28N2O4. The number of unbranched alkanes of at least 4 members (excludes halogenated alkanes) is 4. The van der Waals surface area contributed by atoms with E-state index in [4.69, 9.17) is 0 Å². The number of Topliss-reactive ketones (excluding diaryl/α,β-unsaturated/α-hetero) is 1. The Hall–Kier alpha value is -2.63. The van der Waals surface area contributed by atoms with Crippen molar-refractivity contribution in [1.29, 1.82) is 0 Å². The van der Waals surface area contributed by atoms with Gasteiger partial charge in [-0.1, -0.05) is 44.7 Å². The third-order valence-electron chi connectivity index (χ3n) is 4.69. The SMILES string of the molecule is CCCCCCCC(=O)CNC(=O)c1c(O)c2ccccc2n(CC)c1=O. The van der Waals surface area contributed by atoms with Crippen molar-refractivity contribution in [1.82, 2.24) is 9.88 Å². The third-order valence-corrected chi connectivity index (χ3v) is 4.69. The van der Waals surface area contributed by atoms with Crippen LogP contribution in [0.1, 0.15) is 62.7 Å². The molecule has 0 saturated carbocycles. The molecule has 2 N–H and O–H groups in total. The summed E-state index contributed by atoms with van der Waals surface area (Å²) in [7, 11) is 0. The lowest BCUT2D eigenvalue weighted by Gasteiger charge is -2.13. The topological polar surface area (TPSA) is 88.4 Å². The molecule has 0 radical (unpaired) electrons. The summed E-state index contributed by atoms with van der Waals surface area (Å²) in [6.07, 6.45) is 5.63. The van der Waals surface area contributed by atoms with E-state index in [1.54, 1.807) is 31.2 Å². The van der Waals surface area contributed by atoms with Gasteiger partial charge in [-0.25, -0.2) is 0 Å². The van der Waals surface area contributed by atoms with Crippen molar-refractivity contribution in [3.8, 4) is 5.75 Å². The van der Waals surface area contributed by atoms with Crippen molar-refractivity contribution in [3.05, 3.63) is 40.2 Å². The largest absolute Gasteiger partial charge is 0.506 e. The monoisotopic (exact) mass is 372 g/mol. The molecule has 146 valence electrons. The molecule has 1 aromatic carbocycles. The number of fused-ring (bicyclic) bond motifs is 1. The smallest absolute Gasteiger partial charge is 0.267 e. The number of carbonyl (C=O) groups is 2. The number of aromatic hydroxyl groups is 1. The first-order valence-corrected chi connectivity index (χ1v) is 9.65. The van der Waals surface area contributed by atoms with Crippen LogP contribution in [0.25, 0.3) is 10.9 Å². The van der Waals surface area contributed by atoms with E-state index < -0.39 is 11.5 Å². The van der Waals surface area contributed by atoms with Crippen molar-refractivity contribution >= 4 is 22.6 Å². The maximum Gasteiger partial charge on any atom is 0.267 e. The molecule has 0 aliphatic heterocycles. The predicted octanol–water partition coefficient (Wildman–Crippen LogP) is 3.39. The Bertz CT molecular complexity index is 870. The lowest BCUT2D eigenvalue weighted by atomic mass is 10.1. The number of nitrogens with one attached hydrogen (secondary N) is 1. The molecule has 6 nitrogen and oxygen atoms in total. The first kappa shape index (κ1) is 20.7. The van der Waals surface area contributed by atoms with Crippen LogP contribution in [0.3, 0.4) is 0 Å². The van der Waals surface area contributed by atoms with E-state index in [2.05, 4.69) is 12.2 Å². The highest BCUT2D eigenvalue weighted by Gasteiger charge is 2.21. The van der Waals surface area contributed by atoms with Gasteiger partial charge in [-0.05, 0) is 25.5 Å². The molecule has 0 atom stereocenters. The van der Waals surface area contributed by atoms with Crippen molar-refractivity contribution in [2.24, 2.45) is 0 Å². The van der Waals surface area contributed by atoms with E-state index in [1.807, 2.05) is 0 Å². The number of ketones is 1. The number of aromatic nitrogens is 1. The number of pyridine rings is 1. The number of carbonyl (C=O) groups excluding carboxylic acids is 2. The number of hydrogen-bond donors (Lipinski definition) is 2. The van der Waals surface area contributed by atoms with Gasteiger partial charge >= 0.3 is 0 Å². The van der Waals surface area contributed by atoms with Crippen LogP contribution < -0.4 is 10.9 Å². The number of aryl methyl sites for hydroxylation is 1. The van der Waals surface area contributed by atoms with Gasteiger partial charge in [0.25, 0.3) is 11.5 Å². The van der Waals surface area contributed by atoms with E-state index in [0.717, 1.165) is 32.1 Å². The first-order chi connectivity index (χ1) is 13.0. The van der Waals surface area contributed by atoms with E-state index in [1.165, 1.54) is 4.57 Å². The van der Waals surface area contributed by atoms with Crippen molar-refractivity contribution in [3.63, 3.8) is 0 Å². The summed E-state index contributed by atoms with van der Waals surface area (Å²) in [5.41, 5.74) is -0.299. The van der Waals surface area contributed by atoms with Crippen molar-refractivity contribution < 1.29 is 14.7 Å². The lowest BCUT2D eigenvalue weighted by molar-refractivity contribution is -0.118. The zero-order valence-corrected chi connectivity index (χ0v) is 16.1. The highest BCUT2D eigenvalue weighted by atomic mass is 16.3. The van der Waals surface area contributed by atoms with Crippen LogP contribution in [-0.4, -0.2) is 27.9 Å². The molecule has 1 aromatic heterocycles. The molecule has 0 aliphatic rings. The Morgan fingerprint density at radius 2 is 1.78 bits per heavy atom.